The minimum atomic E-state index is 0.0894. The lowest BCUT2D eigenvalue weighted by atomic mass is 9.87. The van der Waals surface area contributed by atoms with E-state index in [0.29, 0.717) is 6.42 Å². The van der Waals surface area contributed by atoms with Crippen molar-refractivity contribution < 1.29 is 9.36 Å². The number of anilines is 1. The number of aromatic nitrogens is 1. The number of carbonyl (C=O) groups is 1. The molecule has 1 amide bonds. The maximum Gasteiger partial charge on any atom is 0.224 e. The van der Waals surface area contributed by atoms with Crippen LogP contribution < -0.4 is 9.88 Å². The van der Waals surface area contributed by atoms with Gasteiger partial charge in [0.25, 0.3) is 0 Å². The number of benzene rings is 1. The van der Waals surface area contributed by atoms with Gasteiger partial charge in [-0.25, -0.2) is 4.57 Å². The molecule has 0 saturated carbocycles. The van der Waals surface area contributed by atoms with Crippen LogP contribution >= 0.6 is 0 Å². The Hall–Kier alpha value is -2.16. The molecule has 1 aromatic carbocycles. The number of pyridine rings is 1. The predicted molar refractivity (Wildman–Crippen MR) is 94.3 cm³/mol. The molecule has 1 N–H and O–H groups in total. The molecule has 3 nitrogen and oxygen atoms in total. The highest BCUT2D eigenvalue weighted by molar-refractivity contribution is 5.90. The van der Waals surface area contributed by atoms with Crippen LogP contribution in [0.15, 0.2) is 54.9 Å². The minimum Gasteiger partial charge on any atom is -0.326 e. The fourth-order valence-electron chi connectivity index (χ4n) is 2.44. The molecule has 2 aromatic rings. The number of rotatable bonds is 6. The fourth-order valence-corrected chi connectivity index (χ4v) is 2.44. The van der Waals surface area contributed by atoms with E-state index in [1.165, 1.54) is 5.56 Å². The highest BCUT2D eigenvalue weighted by atomic mass is 16.1. The van der Waals surface area contributed by atoms with Crippen molar-refractivity contribution in [1.29, 1.82) is 0 Å². The molecule has 122 valence electrons. The zero-order valence-electron chi connectivity index (χ0n) is 14.4. The van der Waals surface area contributed by atoms with E-state index < -0.39 is 0 Å². The molecule has 0 saturated heterocycles. The summed E-state index contributed by atoms with van der Waals surface area (Å²) in [6.07, 6.45) is 6.57. The maximum atomic E-state index is 12.0. The van der Waals surface area contributed by atoms with Crippen LogP contribution in [0.3, 0.4) is 0 Å². The van der Waals surface area contributed by atoms with Gasteiger partial charge in [0.2, 0.25) is 5.91 Å². The Morgan fingerprint density at radius 2 is 1.65 bits per heavy atom. The normalized spacial score (nSPS) is 11.3. The average Bonchev–Trinajstić information content (AvgIpc) is 2.52. The summed E-state index contributed by atoms with van der Waals surface area (Å²) in [4.78, 5) is 12.0. The summed E-state index contributed by atoms with van der Waals surface area (Å²) in [7, 11) is 0. The molecule has 0 aliphatic rings. The quantitative estimate of drug-likeness (QED) is 0.633. The SMILES string of the molecule is CC(C)(C)c1ccc(NC(=O)CCCC[n+]2ccccc2)cc1. The van der Waals surface area contributed by atoms with Gasteiger partial charge in [0.15, 0.2) is 12.4 Å². The Bertz CT molecular complexity index is 612. The number of unbranched alkanes of at least 4 members (excludes halogenated alkanes) is 1. The summed E-state index contributed by atoms with van der Waals surface area (Å²) in [5, 5.41) is 2.97. The molecule has 1 heterocycles. The lowest BCUT2D eigenvalue weighted by Gasteiger charge is -2.19. The summed E-state index contributed by atoms with van der Waals surface area (Å²) < 4.78 is 2.14. The third-order valence-electron chi connectivity index (χ3n) is 3.88. The number of nitrogens with one attached hydrogen (secondary N) is 1. The van der Waals surface area contributed by atoms with Gasteiger partial charge in [-0.15, -0.1) is 0 Å². The molecule has 3 heteroatoms. The second-order valence-corrected chi connectivity index (χ2v) is 6.95. The first kappa shape index (κ1) is 17.2. The third kappa shape index (κ3) is 5.85. The maximum absolute atomic E-state index is 12.0. The summed E-state index contributed by atoms with van der Waals surface area (Å²) in [6.45, 7) is 7.51. The number of amides is 1. The van der Waals surface area contributed by atoms with Gasteiger partial charge in [0, 0.05) is 30.7 Å². The first-order valence-electron chi connectivity index (χ1n) is 8.30. The zero-order chi connectivity index (χ0) is 16.7. The molecule has 0 bridgehead atoms. The average molecular weight is 311 g/mol. The van der Waals surface area contributed by atoms with Crippen molar-refractivity contribution in [3.63, 3.8) is 0 Å². The highest BCUT2D eigenvalue weighted by Gasteiger charge is 2.13. The van der Waals surface area contributed by atoms with E-state index in [1.807, 2.05) is 30.3 Å². The van der Waals surface area contributed by atoms with E-state index in [4.69, 9.17) is 0 Å². The van der Waals surface area contributed by atoms with Gasteiger partial charge in [-0.3, -0.25) is 4.79 Å². The predicted octanol–water partition coefficient (Wildman–Crippen LogP) is 4.08. The molecule has 0 aliphatic carbocycles. The van der Waals surface area contributed by atoms with Crippen molar-refractivity contribution in [2.24, 2.45) is 0 Å². The van der Waals surface area contributed by atoms with Crippen molar-refractivity contribution in [3.8, 4) is 0 Å². The molecule has 0 radical (unpaired) electrons. The van der Waals surface area contributed by atoms with Gasteiger partial charge in [-0.05, 0) is 29.5 Å². The van der Waals surface area contributed by atoms with E-state index in [1.54, 1.807) is 0 Å². The second kappa shape index (κ2) is 7.91. The van der Waals surface area contributed by atoms with Crippen LogP contribution in [0.2, 0.25) is 0 Å². The number of nitrogens with zero attached hydrogens (tertiary/aromatic N) is 1. The smallest absolute Gasteiger partial charge is 0.224 e. The van der Waals surface area contributed by atoms with E-state index in [9.17, 15) is 4.79 Å². The van der Waals surface area contributed by atoms with Crippen LogP contribution in [0.4, 0.5) is 5.69 Å². The van der Waals surface area contributed by atoms with Gasteiger partial charge >= 0.3 is 0 Å². The molecule has 0 aliphatic heterocycles. The first-order valence-corrected chi connectivity index (χ1v) is 8.30. The summed E-state index contributed by atoms with van der Waals surface area (Å²) in [5.74, 6) is 0.0894. The van der Waals surface area contributed by atoms with Crippen LogP contribution in [0.25, 0.3) is 0 Å². The first-order chi connectivity index (χ1) is 10.9. The highest BCUT2D eigenvalue weighted by Crippen LogP contribution is 2.23. The summed E-state index contributed by atoms with van der Waals surface area (Å²) in [6, 6.07) is 14.2. The molecular weight excluding hydrogens is 284 g/mol. The summed E-state index contributed by atoms with van der Waals surface area (Å²) >= 11 is 0. The molecule has 1 aromatic heterocycles. The monoisotopic (exact) mass is 311 g/mol. The van der Waals surface area contributed by atoms with Crippen molar-refractivity contribution in [3.05, 3.63) is 60.4 Å². The molecule has 0 atom stereocenters. The molecule has 2 rings (SSSR count). The molecule has 0 spiro atoms. The second-order valence-electron chi connectivity index (χ2n) is 6.95. The number of carbonyl (C=O) groups excluding carboxylic acids is 1. The van der Waals surface area contributed by atoms with Gasteiger partial charge in [0.1, 0.15) is 6.54 Å². The van der Waals surface area contributed by atoms with Gasteiger partial charge in [-0.2, -0.15) is 0 Å². The van der Waals surface area contributed by atoms with Crippen molar-refractivity contribution >= 4 is 11.6 Å². The largest absolute Gasteiger partial charge is 0.326 e. The minimum absolute atomic E-state index is 0.0894. The Morgan fingerprint density at radius 3 is 2.26 bits per heavy atom. The van der Waals surface area contributed by atoms with Crippen LogP contribution in [-0.2, 0) is 16.8 Å². The van der Waals surface area contributed by atoms with E-state index in [-0.39, 0.29) is 11.3 Å². The number of aryl methyl sites for hydroxylation is 1. The number of hydrogen-bond donors (Lipinski definition) is 1. The van der Waals surface area contributed by atoms with Crippen molar-refractivity contribution in [2.75, 3.05) is 5.32 Å². The zero-order valence-corrected chi connectivity index (χ0v) is 14.4. The Labute approximate surface area is 139 Å². The fraction of sp³-hybridized carbons (Fsp3) is 0.400. The molecule has 23 heavy (non-hydrogen) atoms. The molecule has 0 unspecified atom stereocenters. The van der Waals surface area contributed by atoms with Gasteiger partial charge in [-0.1, -0.05) is 39.0 Å². The van der Waals surface area contributed by atoms with Gasteiger partial charge < -0.3 is 5.32 Å². The summed E-state index contributed by atoms with van der Waals surface area (Å²) in [5.41, 5.74) is 2.29. The standard InChI is InChI=1S/C20H26N2O/c1-20(2,3)17-10-12-18(13-11-17)21-19(23)9-5-8-16-22-14-6-4-7-15-22/h4,6-7,10-15H,5,8-9,16H2,1-3H3/p+1. The third-order valence-corrected chi connectivity index (χ3v) is 3.88. The van der Waals surface area contributed by atoms with E-state index >= 15 is 0 Å². The lowest BCUT2D eigenvalue weighted by Crippen LogP contribution is -2.32. The lowest BCUT2D eigenvalue weighted by molar-refractivity contribution is -0.697. The molecular formula is C20H27N2O+. The Kier molecular flexibility index (Phi) is 5.91. The van der Waals surface area contributed by atoms with Crippen LogP contribution in [0.1, 0.15) is 45.6 Å². The van der Waals surface area contributed by atoms with Crippen LogP contribution in [0.5, 0.6) is 0 Å². The van der Waals surface area contributed by atoms with Crippen molar-refractivity contribution in [1.82, 2.24) is 0 Å². The topological polar surface area (TPSA) is 33.0 Å². The van der Waals surface area contributed by atoms with Crippen LogP contribution in [0, 0.1) is 0 Å². The van der Waals surface area contributed by atoms with E-state index in [0.717, 1.165) is 25.1 Å². The Balaban J connectivity index is 1.72. The molecule has 0 fully saturated rings. The van der Waals surface area contributed by atoms with E-state index in [2.05, 4.69) is 55.2 Å². The van der Waals surface area contributed by atoms with Gasteiger partial charge in [0.05, 0.1) is 0 Å². The van der Waals surface area contributed by atoms with Crippen LogP contribution in [-0.4, -0.2) is 5.91 Å². The van der Waals surface area contributed by atoms with Crippen molar-refractivity contribution in [2.45, 2.75) is 52.0 Å². The Morgan fingerprint density at radius 1 is 1.00 bits per heavy atom. The number of hydrogen-bond acceptors (Lipinski definition) is 1.